The molecule has 0 unspecified atom stereocenters. The molecule has 0 radical (unpaired) electrons. The minimum Gasteiger partial charge on any atom is -0.411 e. The number of alkyl halides is 3. The molecule has 0 atom stereocenters. The highest BCUT2D eigenvalue weighted by atomic mass is 19.4. The summed E-state index contributed by atoms with van der Waals surface area (Å²) in [5.74, 6) is -0.995. The standard InChI is InChI=1S/C9H6F3NO2/c10-9(11,12)7-4-2-1-3-6(7)8(14)5-13-15/h1-5,15H. The predicted octanol–water partition coefficient (Wildman–Crippen LogP) is 2.35. The van der Waals surface area contributed by atoms with Crippen molar-refractivity contribution < 1.29 is 23.2 Å². The van der Waals surface area contributed by atoms with Crippen LogP contribution in [0.4, 0.5) is 13.2 Å². The molecule has 0 aliphatic heterocycles. The Morgan fingerprint density at radius 2 is 1.93 bits per heavy atom. The second-order valence-corrected chi connectivity index (χ2v) is 2.65. The zero-order chi connectivity index (χ0) is 11.5. The third-order valence-corrected chi connectivity index (χ3v) is 1.67. The number of halogens is 3. The highest BCUT2D eigenvalue weighted by Gasteiger charge is 2.34. The molecule has 0 fully saturated rings. The van der Waals surface area contributed by atoms with Gasteiger partial charge in [-0.25, -0.2) is 0 Å². The number of carbonyl (C=O) groups excluding carboxylic acids is 1. The van der Waals surface area contributed by atoms with Crippen LogP contribution in [0.25, 0.3) is 0 Å². The van der Waals surface area contributed by atoms with Gasteiger partial charge in [0.05, 0.1) is 5.56 Å². The molecule has 0 aliphatic carbocycles. The SMILES string of the molecule is O=C(C=NO)c1ccccc1C(F)(F)F. The van der Waals surface area contributed by atoms with E-state index in [1.807, 2.05) is 0 Å². The Morgan fingerprint density at radius 1 is 1.33 bits per heavy atom. The third kappa shape index (κ3) is 2.55. The Kier molecular flexibility index (Phi) is 3.08. The zero-order valence-electron chi connectivity index (χ0n) is 7.32. The molecule has 6 heteroatoms. The highest BCUT2D eigenvalue weighted by Crippen LogP contribution is 2.31. The van der Waals surface area contributed by atoms with Crippen LogP contribution in [0.15, 0.2) is 29.4 Å². The van der Waals surface area contributed by atoms with E-state index in [0.29, 0.717) is 6.21 Å². The highest BCUT2D eigenvalue weighted by molar-refractivity contribution is 6.35. The summed E-state index contributed by atoms with van der Waals surface area (Å²) in [4.78, 5) is 11.1. The quantitative estimate of drug-likeness (QED) is 0.357. The summed E-state index contributed by atoms with van der Waals surface area (Å²) in [7, 11) is 0. The zero-order valence-corrected chi connectivity index (χ0v) is 7.32. The Labute approximate surface area is 82.8 Å². The Hall–Kier alpha value is -1.85. The lowest BCUT2D eigenvalue weighted by atomic mass is 10.0. The summed E-state index contributed by atoms with van der Waals surface area (Å²) in [5, 5.41) is 10.5. The van der Waals surface area contributed by atoms with Gasteiger partial charge in [-0.1, -0.05) is 23.4 Å². The molecule has 0 bridgehead atoms. The van der Waals surface area contributed by atoms with Crippen LogP contribution in [-0.2, 0) is 6.18 Å². The molecule has 0 spiro atoms. The molecule has 0 aromatic heterocycles. The Morgan fingerprint density at radius 3 is 2.47 bits per heavy atom. The van der Waals surface area contributed by atoms with Crippen molar-refractivity contribution in [1.82, 2.24) is 0 Å². The first-order chi connectivity index (χ1) is 6.96. The number of nitrogens with zero attached hydrogens (tertiary/aromatic N) is 1. The smallest absolute Gasteiger partial charge is 0.411 e. The van der Waals surface area contributed by atoms with Gasteiger partial charge in [0.15, 0.2) is 0 Å². The van der Waals surface area contributed by atoms with Crippen LogP contribution in [0, 0.1) is 0 Å². The molecule has 0 saturated carbocycles. The lowest BCUT2D eigenvalue weighted by molar-refractivity contribution is -0.137. The number of hydrogen-bond donors (Lipinski definition) is 1. The molecule has 0 aliphatic rings. The van der Waals surface area contributed by atoms with E-state index in [0.717, 1.165) is 12.1 Å². The summed E-state index contributed by atoms with van der Waals surface area (Å²) in [6.45, 7) is 0. The van der Waals surface area contributed by atoms with Crippen LogP contribution in [0.1, 0.15) is 15.9 Å². The second-order valence-electron chi connectivity index (χ2n) is 2.65. The first-order valence-corrected chi connectivity index (χ1v) is 3.85. The minimum atomic E-state index is -4.60. The summed E-state index contributed by atoms with van der Waals surface area (Å²) >= 11 is 0. The molecular weight excluding hydrogens is 211 g/mol. The molecule has 3 nitrogen and oxygen atoms in total. The van der Waals surface area contributed by atoms with E-state index in [2.05, 4.69) is 5.16 Å². The number of ketones is 1. The topological polar surface area (TPSA) is 49.7 Å². The minimum absolute atomic E-state index is 0.421. The van der Waals surface area contributed by atoms with E-state index in [1.54, 1.807) is 0 Å². The first-order valence-electron chi connectivity index (χ1n) is 3.85. The van der Waals surface area contributed by atoms with Crippen LogP contribution < -0.4 is 0 Å². The number of hydrogen-bond acceptors (Lipinski definition) is 3. The molecule has 1 aromatic carbocycles. The maximum Gasteiger partial charge on any atom is 0.417 e. The Bertz CT molecular complexity index is 399. The van der Waals surface area contributed by atoms with Crippen LogP contribution in [0.3, 0.4) is 0 Å². The molecule has 0 amide bonds. The maximum atomic E-state index is 12.4. The van der Waals surface area contributed by atoms with Crippen molar-refractivity contribution in [2.75, 3.05) is 0 Å². The van der Waals surface area contributed by atoms with E-state index in [-0.39, 0.29) is 0 Å². The van der Waals surface area contributed by atoms with Crippen LogP contribution in [-0.4, -0.2) is 17.2 Å². The Balaban J connectivity index is 3.24. The number of benzene rings is 1. The van der Waals surface area contributed by atoms with Crippen LogP contribution >= 0.6 is 0 Å². The summed E-state index contributed by atoms with van der Waals surface area (Å²) in [6.07, 6.45) is -4.18. The van der Waals surface area contributed by atoms with Gasteiger partial charge in [-0.3, -0.25) is 4.79 Å². The van der Waals surface area contributed by atoms with Gasteiger partial charge in [-0.15, -0.1) is 0 Å². The van der Waals surface area contributed by atoms with Gasteiger partial charge in [0, 0.05) is 5.56 Å². The second kappa shape index (κ2) is 4.12. The van der Waals surface area contributed by atoms with Crippen molar-refractivity contribution in [3.8, 4) is 0 Å². The van der Waals surface area contributed by atoms with Gasteiger partial charge in [0.1, 0.15) is 6.21 Å². The monoisotopic (exact) mass is 217 g/mol. The number of Topliss-reactive ketones (excluding diaryl/α,β-unsaturated/α-hetero) is 1. The lowest BCUT2D eigenvalue weighted by Crippen LogP contribution is -2.13. The molecule has 0 heterocycles. The molecule has 0 saturated heterocycles. The van der Waals surface area contributed by atoms with Crippen molar-refractivity contribution in [3.05, 3.63) is 35.4 Å². The molecule has 1 aromatic rings. The summed E-state index contributed by atoms with van der Waals surface area (Å²) in [5.41, 5.74) is -1.59. The molecular formula is C9H6F3NO2. The fourth-order valence-electron chi connectivity index (χ4n) is 1.07. The van der Waals surface area contributed by atoms with Gasteiger partial charge in [-0.05, 0) is 6.07 Å². The average Bonchev–Trinajstić information content (AvgIpc) is 2.17. The third-order valence-electron chi connectivity index (χ3n) is 1.67. The molecule has 1 N–H and O–H groups in total. The van der Waals surface area contributed by atoms with E-state index in [1.165, 1.54) is 12.1 Å². The van der Waals surface area contributed by atoms with Crippen molar-refractivity contribution in [2.24, 2.45) is 5.16 Å². The van der Waals surface area contributed by atoms with Crippen molar-refractivity contribution in [3.63, 3.8) is 0 Å². The fraction of sp³-hybridized carbons (Fsp3) is 0.111. The first kappa shape index (κ1) is 11.2. The van der Waals surface area contributed by atoms with Crippen molar-refractivity contribution >= 4 is 12.0 Å². The van der Waals surface area contributed by atoms with Crippen LogP contribution in [0.2, 0.25) is 0 Å². The van der Waals surface area contributed by atoms with Crippen molar-refractivity contribution in [1.29, 1.82) is 0 Å². The van der Waals surface area contributed by atoms with Gasteiger partial charge < -0.3 is 5.21 Å². The van der Waals surface area contributed by atoms with E-state index in [4.69, 9.17) is 5.21 Å². The van der Waals surface area contributed by atoms with Crippen molar-refractivity contribution in [2.45, 2.75) is 6.18 Å². The predicted molar refractivity (Wildman–Crippen MR) is 46.1 cm³/mol. The number of carbonyl (C=O) groups is 1. The molecule has 80 valence electrons. The van der Waals surface area contributed by atoms with Gasteiger partial charge in [0.25, 0.3) is 0 Å². The van der Waals surface area contributed by atoms with E-state index >= 15 is 0 Å². The fourth-order valence-corrected chi connectivity index (χ4v) is 1.07. The van der Waals surface area contributed by atoms with Crippen LogP contribution in [0.5, 0.6) is 0 Å². The van der Waals surface area contributed by atoms with E-state index in [9.17, 15) is 18.0 Å². The lowest BCUT2D eigenvalue weighted by Gasteiger charge is -2.09. The number of rotatable bonds is 2. The van der Waals surface area contributed by atoms with E-state index < -0.39 is 23.1 Å². The normalized spacial score (nSPS) is 11.9. The number of oxime groups is 1. The van der Waals surface area contributed by atoms with Gasteiger partial charge in [0.2, 0.25) is 5.78 Å². The summed E-state index contributed by atoms with van der Waals surface area (Å²) < 4.78 is 37.2. The maximum absolute atomic E-state index is 12.4. The van der Waals surface area contributed by atoms with Gasteiger partial charge >= 0.3 is 6.18 Å². The summed E-state index contributed by atoms with van der Waals surface area (Å²) in [6, 6.07) is 4.29. The average molecular weight is 217 g/mol. The molecule has 1 rings (SSSR count). The largest absolute Gasteiger partial charge is 0.417 e. The molecule has 15 heavy (non-hydrogen) atoms. The van der Waals surface area contributed by atoms with Gasteiger partial charge in [-0.2, -0.15) is 13.2 Å².